The van der Waals surface area contributed by atoms with E-state index in [1.807, 2.05) is 11.8 Å². The average Bonchev–Trinajstić information content (AvgIpc) is 2.52. The molecule has 128 valence electrons. The van der Waals surface area contributed by atoms with Crippen molar-refractivity contribution in [1.82, 2.24) is 9.80 Å². The summed E-state index contributed by atoms with van der Waals surface area (Å²) in [5.41, 5.74) is 0.0114. The Kier molecular flexibility index (Phi) is 5.31. The molecule has 0 aromatic heterocycles. The van der Waals surface area contributed by atoms with E-state index in [1.165, 1.54) is 17.0 Å². The maximum Gasteiger partial charge on any atom is 0.416 e. The average molecular weight is 330 g/mol. The van der Waals surface area contributed by atoms with E-state index in [9.17, 15) is 18.0 Å². The van der Waals surface area contributed by atoms with Gasteiger partial charge in [0.25, 0.3) is 0 Å². The highest BCUT2D eigenvalue weighted by molar-refractivity contribution is 5.80. The first kappa shape index (κ1) is 17.7. The first-order chi connectivity index (χ1) is 10.7. The number of likely N-dealkylation sites (N-methyl/N-ethyl adjacent to an activating group) is 1. The second kappa shape index (κ2) is 6.88. The standard InChI is InChI=1S/C16H21F3N2O2/c1-11(15(22)20(2)3)21-8-9-23-14(10-21)12-4-6-13(7-5-12)16(17,18)19/h4-7,11,14H,8-10H2,1-3H3/t11-,14+/m0/s1. The van der Waals surface area contributed by atoms with Crippen molar-refractivity contribution in [2.45, 2.75) is 25.2 Å². The van der Waals surface area contributed by atoms with Crippen LogP contribution in [-0.4, -0.2) is 55.5 Å². The monoisotopic (exact) mass is 330 g/mol. The highest BCUT2D eigenvalue weighted by Gasteiger charge is 2.32. The van der Waals surface area contributed by atoms with Gasteiger partial charge in [-0.15, -0.1) is 0 Å². The summed E-state index contributed by atoms with van der Waals surface area (Å²) in [6, 6.07) is 4.72. The van der Waals surface area contributed by atoms with Crippen LogP contribution >= 0.6 is 0 Å². The Labute approximate surface area is 133 Å². The summed E-state index contributed by atoms with van der Waals surface area (Å²) >= 11 is 0. The van der Waals surface area contributed by atoms with Crippen LogP contribution in [0.4, 0.5) is 13.2 Å². The molecule has 1 saturated heterocycles. The van der Waals surface area contributed by atoms with Crippen molar-refractivity contribution in [1.29, 1.82) is 0 Å². The Morgan fingerprint density at radius 3 is 2.43 bits per heavy atom. The summed E-state index contributed by atoms with van der Waals surface area (Å²) < 4.78 is 43.5. The second-order valence-corrected chi connectivity index (χ2v) is 5.88. The van der Waals surface area contributed by atoms with Gasteiger partial charge in [-0.3, -0.25) is 9.69 Å². The van der Waals surface area contributed by atoms with Crippen LogP contribution in [0.15, 0.2) is 24.3 Å². The van der Waals surface area contributed by atoms with E-state index in [0.29, 0.717) is 25.3 Å². The molecular formula is C16H21F3N2O2. The van der Waals surface area contributed by atoms with Crippen molar-refractivity contribution in [3.05, 3.63) is 35.4 Å². The molecule has 0 N–H and O–H groups in total. The van der Waals surface area contributed by atoms with Crippen LogP contribution in [0.2, 0.25) is 0 Å². The number of halogens is 3. The van der Waals surface area contributed by atoms with Crippen LogP contribution in [0.5, 0.6) is 0 Å². The number of nitrogens with zero attached hydrogens (tertiary/aromatic N) is 2. The summed E-state index contributed by atoms with van der Waals surface area (Å²) in [4.78, 5) is 15.6. The van der Waals surface area contributed by atoms with Gasteiger partial charge in [-0.05, 0) is 24.6 Å². The van der Waals surface area contributed by atoms with Gasteiger partial charge in [0.05, 0.1) is 24.3 Å². The lowest BCUT2D eigenvalue weighted by molar-refractivity contribution is -0.138. The molecule has 0 bridgehead atoms. The molecule has 23 heavy (non-hydrogen) atoms. The number of carbonyl (C=O) groups is 1. The first-order valence-corrected chi connectivity index (χ1v) is 7.44. The van der Waals surface area contributed by atoms with Crippen LogP contribution in [0.3, 0.4) is 0 Å². The minimum Gasteiger partial charge on any atom is -0.371 e. The molecule has 1 aliphatic heterocycles. The van der Waals surface area contributed by atoms with Gasteiger partial charge in [0.2, 0.25) is 5.91 Å². The Morgan fingerprint density at radius 2 is 1.91 bits per heavy atom. The second-order valence-electron chi connectivity index (χ2n) is 5.88. The van der Waals surface area contributed by atoms with Crippen molar-refractivity contribution >= 4 is 5.91 Å². The predicted octanol–water partition coefficient (Wildman–Crippen LogP) is 2.56. The van der Waals surface area contributed by atoms with Crippen LogP contribution in [0.1, 0.15) is 24.2 Å². The third-order valence-electron chi connectivity index (χ3n) is 4.05. The van der Waals surface area contributed by atoms with E-state index in [-0.39, 0.29) is 18.1 Å². The zero-order valence-electron chi connectivity index (χ0n) is 13.4. The Hall–Kier alpha value is -1.60. The molecule has 0 radical (unpaired) electrons. The van der Waals surface area contributed by atoms with Crippen LogP contribution in [0, 0.1) is 0 Å². The summed E-state index contributed by atoms with van der Waals surface area (Å²) in [5.74, 6) is -0.00179. The Bertz CT molecular complexity index is 543. The van der Waals surface area contributed by atoms with E-state index in [1.54, 1.807) is 14.1 Å². The molecule has 0 aliphatic carbocycles. The quantitative estimate of drug-likeness (QED) is 0.854. The third-order valence-corrected chi connectivity index (χ3v) is 4.05. The number of carbonyl (C=O) groups excluding carboxylic acids is 1. The largest absolute Gasteiger partial charge is 0.416 e. The van der Waals surface area contributed by atoms with Gasteiger partial charge in [0, 0.05) is 27.2 Å². The number of alkyl halides is 3. The lowest BCUT2D eigenvalue weighted by atomic mass is 10.0. The van der Waals surface area contributed by atoms with Crippen LogP contribution < -0.4 is 0 Å². The van der Waals surface area contributed by atoms with E-state index in [2.05, 4.69) is 0 Å². The number of benzene rings is 1. The van der Waals surface area contributed by atoms with Crippen molar-refractivity contribution in [2.24, 2.45) is 0 Å². The fraction of sp³-hybridized carbons (Fsp3) is 0.562. The van der Waals surface area contributed by atoms with E-state index < -0.39 is 11.7 Å². The lowest BCUT2D eigenvalue weighted by Crippen LogP contribution is -2.50. The molecule has 1 aromatic carbocycles. The summed E-state index contributed by atoms with van der Waals surface area (Å²) in [7, 11) is 3.40. The van der Waals surface area contributed by atoms with Gasteiger partial charge < -0.3 is 9.64 Å². The molecule has 2 atom stereocenters. The van der Waals surface area contributed by atoms with Gasteiger partial charge in [0.1, 0.15) is 0 Å². The van der Waals surface area contributed by atoms with Crippen molar-refractivity contribution in [2.75, 3.05) is 33.8 Å². The fourth-order valence-corrected chi connectivity index (χ4v) is 2.64. The number of hydrogen-bond acceptors (Lipinski definition) is 3. The smallest absolute Gasteiger partial charge is 0.371 e. The number of hydrogen-bond donors (Lipinski definition) is 0. The van der Waals surface area contributed by atoms with E-state index in [0.717, 1.165) is 12.1 Å². The predicted molar refractivity (Wildman–Crippen MR) is 79.9 cm³/mol. The molecule has 1 fully saturated rings. The normalized spacial score (nSPS) is 21.0. The highest BCUT2D eigenvalue weighted by atomic mass is 19.4. The SMILES string of the molecule is C[C@@H](C(=O)N(C)C)N1CCO[C@@H](c2ccc(C(F)(F)F)cc2)C1. The maximum absolute atomic E-state index is 12.6. The minimum absolute atomic E-state index is 0.00179. The number of ether oxygens (including phenoxy) is 1. The fourth-order valence-electron chi connectivity index (χ4n) is 2.64. The summed E-state index contributed by atoms with van der Waals surface area (Å²) in [6.07, 6.45) is -4.67. The van der Waals surface area contributed by atoms with Gasteiger partial charge in [-0.1, -0.05) is 12.1 Å². The zero-order chi connectivity index (χ0) is 17.2. The molecule has 0 unspecified atom stereocenters. The van der Waals surface area contributed by atoms with Gasteiger partial charge in [-0.2, -0.15) is 13.2 Å². The number of amides is 1. The van der Waals surface area contributed by atoms with Crippen molar-refractivity contribution in [3.63, 3.8) is 0 Å². The molecule has 7 heteroatoms. The van der Waals surface area contributed by atoms with E-state index in [4.69, 9.17) is 4.74 Å². The van der Waals surface area contributed by atoms with Gasteiger partial charge in [-0.25, -0.2) is 0 Å². The number of rotatable bonds is 3. The maximum atomic E-state index is 12.6. The molecule has 1 amide bonds. The summed E-state index contributed by atoms with van der Waals surface area (Å²) in [5, 5.41) is 0. The third kappa shape index (κ3) is 4.23. The first-order valence-electron chi connectivity index (χ1n) is 7.44. The van der Waals surface area contributed by atoms with Gasteiger partial charge >= 0.3 is 6.18 Å². The molecule has 1 aliphatic rings. The van der Waals surface area contributed by atoms with Crippen LogP contribution in [0.25, 0.3) is 0 Å². The summed E-state index contributed by atoms with van der Waals surface area (Å²) in [6.45, 7) is 3.37. The van der Waals surface area contributed by atoms with Crippen molar-refractivity contribution < 1.29 is 22.7 Å². The highest BCUT2D eigenvalue weighted by Crippen LogP contribution is 2.31. The number of morpholine rings is 1. The molecule has 0 saturated carbocycles. The minimum atomic E-state index is -4.34. The van der Waals surface area contributed by atoms with Crippen LogP contribution in [-0.2, 0) is 15.7 Å². The zero-order valence-corrected chi connectivity index (χ0v) is 13.4. The molecule has 0 spiro atoms. The lowest BCUT2D eigenvalue weighted by Gasteiger charge is -2.37. The molecule has 4 nitrogen and oxygen atoms in total. The Balaban J connectivity index is 2.08. The molecule has 1 aromatic rings. The van der Waals surface area contributed by atoms with Gasteiger partial charge in [0.15, 0.2) is 0 Å². The Morgan fingerprint density at radius 1 is 1.30 bits per heavy atom. The van der Waals surface area contributed by atoms with Crippen molar-refractivity contribution in [3.8, 4) is 0 Å². The molecule has 2 rings (SSSR count). The molecule has 1 heterocycles. The topological polar surface area (TPSA) is 32.8 Å². The van der Waals surface area contributed by atoms with E-state index >= 15 is 0 Å². The molecular weight excluding hydrogens is 309 g/mol.